The highest BCUT2D eigenvalue weighted by Crippen LogP contribution is 2.35. The first-order valence-electron chi connectivity index (χ1n) is 10.9. The third kappa shape index (κ3) is 5.80. The van der Waals surface area contributed by atoms with E-state index in [9.17, 15) is 18.0 Å². The molecule has 1 unspecified atom stereocenters. The number of nitrogens with zero attached hydrogens (tertiary/aromatic N) is 2. The van der Waals surface area contributed by atoms with Gasteiger partial charge in [-0.1, -0.05) is 53.5 Å². The Morgan fingerprint density at radius 2 is 1.86 bits per heavy atom. The van der Waals surface area contributed by atoms with Crippen molar-refractivity contribution < 1.29 is 18.0 Å². The Bertz CT molecular complexity index is 1370. The Morgan fingerprint density at radius 1 is 1.09 bits per heavy atom. The molecular formula is C26H22Cl2F3N3O. The summed E-state index contributed by atoms with van der Waals surface area (Å²) in [6.07, 6.45) is -2.42. The number of aromatic nitrogens is 2. The van der Waals surface area contributed by atoms with E-state index in [0.717, 1.165) is 23.4 Å². The van der Waals surface area contributed by atoms with Gasteiger partial charge in [0.2, 0.25) is 5.91 Å². The van der Waals surface area contributed by atoms with E-state index in [0.29, 0.717) is 39.9 Å². The zero-order valence-corrected chi connectivity index (χ0v) is 20.3. The molecule has 1 atom stereocenters. The van der Waals surface area contributed by atoms with E-state index in [1.54, 1.807) is 30.5 Å². The van der Waals surface area contributed by atoms with Crippen LogP contribution < -0.4 is 5.32 Å². The Hall–Kier alpha value is -3.03. The lowest BCUT2D eigenvalue weighted by atomic mass is 9.91. The van der Waals surface area contributed by atoms with Gasteiger partial charge >= 0.3 is 6.18 Å². The molecule has 2 aromatic heterocycles. The summed E-state index contributed by atoms with van der Waals surface area (Å²) in [5.74, 6) is -0.923. The Labute approximate surface area is 210 Å². The molecule has 4 aromatic rings. The maximum absolute atomic E-state index is 13.4. The van der Waals surface area contributed by atoms with Crippen molar-refractivity contribution >= 4 is 34.8 Å². The van der Waals surface area contributed by atoms with E-state index in [1.807, 2.05) is 29.5 Å². The van der Waals surface area contributed by atoms with Crippen LogP contribution in [0, 0.1) is 6.92 Å². The number of pyridine rings is 1. The molecular weight excluding hydrogens is 498 g/mol. The van der Waals surface area contributed by atoms with Crippen LogP contribution in [0.2, 0.25) is 10.0 Å². The molecule has 1 amide bonds. The molecule has 182 valence electrons. The number of carbonyl (C=O) groups excluding carboxylic acids is 1. The van der Waals surface area contributed by atoms with Gasteiger partial charge in [-0.2, -0.15) is 13.2 Å². The fraction of sp³-hybridized carbons (Fsp3) is 0.231. The zero-order chi connectivity index (χ0) is 25.2. The molecule has 0 saturated heterocycles. The van der Waals surface area contributed by atoms with E-state index in [1.165, 1.54) is 6.07 Å². The van der Waals surface area contributed by atoms with Gasteiger partial charge in [-0.15, -0.1) is 0 Å². The number of rotatable bonds is 7. The number of imidazole rings is 1. The number of hydrogen-bond donors (Lipinski definition) is 1. The van der Waals surface area contributed by atoms with Crippen LogP contribution in [0.4, 0.5) is 13.2 Å². The third-order valence-corrected chi connectivity index (χ3v) is 6.43. The van der Waals surface area contributed by atoms with Gasteiger partial charge in [0.15, 0.2) is 0 Å². The van der Waals surface area contributed by atoms with Crippen LogP contribution >= 0.6 is 23.2 Å². The summed E-state index contributed by atoms with van der Waals surface area (Å²) in [6, 6.07) is 15.8. The van der Waals surface area contributed by atoms with E-state index in [-0.39, 0.29) is 12.3 Å². The van der Waals surface area contributed by atoms with Crippen molar-refractivity contribution in [2.75, 3.05) is 6.54 Å². The van der Waals surface area contributed by atoms with E-state index in [4.69, 9.17) is 23.2 Å². The average Bonchev–Trinajstić information content (AvgIpc) is 3.24. The summed E-state index contributed by atoms with van der Waals surface area (Å²) in [5.41, 5.74) is 2.64. The van der Waals surface area contributed by atoms with Crippen molar-refractivity contribution in [1.82, 2.24) is 14.7 Å². The lowest BCUT2D eigenvalue weighted by Gasteiger charge is -2.20. The Morgan fingerprint density at radius 3 is 2.60 bits per heavy atom. The minimum absolute atomic E-state index is 0.0439. The number of carbonyl (C=O) groups is 1. The highest BCUT2D eigenvalue weighted by atomic mass is 35.5. The molecule has 2 heterocycles. The number of amides is 1. The van der Waals surface area contributed by atoms with Crippen molar-refractivity contribution in [3.63, 3.8) is 0 Å². The lowest BCUT2D eigenvalue weighted by Crippen LogP contribution is -2.28. The van der Waals surface area contributed by atoms with Crippen LogP contribution in [0.25, 0.3) is 5.65 Å². The fourth-order valence-corrected chi connectivity index (χ4v) is 4.62. The van der Waals surface area contributed by atoms with Crippen LogP contribution in [-0.4, -0.2) is 21.8 Å². The summed E-state index contributed by atoms with van der Waals surface area (Å²) < 4.78 is 42.1. The summed E-state index contributed by atoms with van der Waals surface area (Å²) in [7, 11) is 0. The largest absolute Gasteiger partial charge is 0.416 e. The van der Waals surface area contributed by atoms with Gasteiger partial charge < -0.3 is 9.72 Å². The summed E-state index contributed by atoms with van der Waals surface area (Å²) in [4.78, 5) is 17.3. The fourth-order valence-electron chi connectivity index (χ4n) is 4.12. The number of hydrogen-bond acceptors (Lipinski definition) is 2. The van der Waals surface area contributed by atoms with Crippen molar-refractivity contribution in [3.8, 4) is 0 Å². The number of fused-ring (bicyclic) bond motifs is 1. The van der Waals surface area contributed by atoms with Crippen molar-refractivity contribution in [2.24, 2.45) is 0 Å². The van der Waals surface area contributed by atoms with E-state index in [2.05, 4.69) is 10.3 Å². The number of halogens is 5. The SMILES string of the molecule is Cc1cccc2ncc(C(CC(=O)NCCc3ccc(Cl)cc3Cl)c3cccc(C(F)(F)F)c3)n12. The van der Waals surface area contributed by atoms with Crippen LogP contribution in [-0.2, 0) is 17.4 Å². The van der Waals surface area contributed by atoms with Gasteiger partial charge in [0.1, 0.15) is 5.65 Å². The highest BCUT2D eigenvalue weighted by Gasteiger charge is 2.32. The number of benzene rings is 2. The molecule has 1 N–H and O–H groups in total. The first kappa shape index (κ1) is 25.1. The molecule has 9 heteroatoms. The monoisotopic (exact) mass is 519 g/mol. The minimum atomic E-state index is -4.49. The molecule has 0 bridgehead atoms. The van der Waals surface area contributed by atoms with Crippen molar-refractivity contribution in [1.29, 1.82) is 0 Å². The molecule has 0 spiro atoms. The van der Waals surface area contributed by atoms with Gasteiger partial charge in [-0.05, 0) is 54.8 Å². The molecule has 0 saturated carbocycles. The predicted octanol–water partition coefficient (Wildman–Crippen LogP) is 6.85. The van der Waals surface area contributed by atoms with Crippen LogP contribution in [0.1, 0.15) is 40.4 Å². The molecule has 4 rings (SSSR count). The van der Waals surface area contributed by atoms with Crippen LogP contribution in [0.5, 0.6) is 0 Å². The second kappa shape index (κ2) is 10.3. The second-order valence-electron chi connectivity index (χ2n) is 8.26. The lowest BCUT2D eigenvalue weighted by molar-refractivity contribution is -0.137. The molecule has 0 aliphatic heterocycles. The number of alkyl halides is 3. The highest BCUT2D eigenvalue weighted by molar-refractivity contribution is 6.35. The number of aryl methyl sites for hydroxylation is 1. The van der Waals surface area contributed by atoms with E-state index < -0.39 is 17.7 Å². The smallest absolute Gasteiger partial charge is 0.356 e. The molecule has 0 aliphatic rings. The van der Waals surface area contributed by atoms with E-state index >= 15 is 0 Å². The maximum atomic E-state index is 13.4. The normalized spacial score (nSPS) is 12.6. The standard InChI is InChI=1S/C26H22Cl2F3N3O/c1-16-4-2-7-24-33-15-23(34(16)24)21(18-5-3-6-19(12-18)26(29,30)31)14-25(35)32-11-10-17-8-9-20(27)13-22(17)28/h2-9,12-13,15,21H,10-11,14H2,1H3,(H,32,35). The Balaban J connectivity index is 1.60. The average molecular weight is 520 g/mol. The molecule has 2 aromatic carbocycles. The minimum Gasteiger partial charge on any atom is -0.356 e. The quantitative estimate of drug-likeness (QED) is 0.290. The molecule has 4 nitrogen and oxygen atoms in total. The first-order valence-corrected chi connectivity index (χ1v) is 11.7. The van der Waals surface area contributed by atoms with Gasteiger partial charge in [0.25, 0.3) is 0 Å². The second-order valence-corrected chi connectivity index (χ2v) is 9.10. The number of nitrogens with one attached hydrogen (secondary N) is 1. The molecule has 35 heavy (non-hydrogen) atoms. The predicted molar refractivity (Wildman–Crippen MR) is 131 cm³/mol. The summed E-state index contributed by atoms with van der Waals surface area (Å²) in [5, 5.41) is 3.89. The van der Waals surface area contributed by atoms with Gasteiger partial charge in [-0.25, -0.2) is 4.98 Å². The van der Waals surface area contributed by atoms with Gasteiger partial charge in [-0.3, -0.25) is 4.79 Å². The van der Waals surface area contributed by atoms with Gasteiger partial charge in [0.05, 0.1) is 11.3 Å². The molecule has 0 fully saturated rings. The molecule has 0 radical (unpaired) electrons. The summed E-state index contributed by atoms with van der Waals surface area (Å²) >= 11 is 12.1. The molecule has 0 aliphatic carbocycles. The third-order valence-electron chi connectivity index (χ3n) is 5.85. The zero-order valence-electron chi connectivity index (χ0n) is 18.7. The van der Waals surface area contributed by atoms with Crippen LogP contribution in [0.15, 0.2) is 66.9 Å². The summed E-state index contributed by atoms with van der Waals surface area (Å²) in [6.45, 7) is 2.21. The van der Waals surface area contributed by atoms with Crippen molar-refractivity contribution in [3.05, 3.63) is 105 Å². The maximum Gasteiger partial charge on any atom is 0.416 e. The Kier molecular flexibility index (Phi) is 7.38. The topological polar surface area (TPSA) is 46.4 Å². The van der Waals surface area contributed by atoms with Crippen molar-refractivity contribution in [2.45, 2.75) is 31.9 Å². The van der Waals surface area contributed by atoms with Crippen LogP contribution in [0.3, 0.4) is 0 Å². The van der Waals surface area contributed by atoms with Gasteiger partial charge in [0, 0.05) is 40.8 Å². The first-order chi connectivity index (χ1) is 16.6.